The minimum atomic E-state index is -1.67. The van der Waals surface area contributed by atoms with Crippen molar-refractivity contribution in [3.05, 3.63) is 36.5 Å². The third-order valence-corrected chi connectivity index (χ3v) is 12.9. The minimum absolute atomic E-state index is 0.244. The van der Waals surface area contributed by atoms with Crippen LogP contribution in [-0.4, -0.2) is 110 Å². The Balaban J connectivity index is 2.40. The third kappa shape index (κ3) is 32.7. The van der Waals surface area contributed by atoms with Crippen molar-refractivity contribution in [2.75, 3.05) is 13.2 Å². The summed E-state index contributed by atoms with van der Waals surface area (Å²) in [5.74, 6) is -0.714. The van der Waals surface area contributed by atoms with E-state index in [2.05, 4.69) is 55.6 Å². The van der Waals surface area contributed by atoms with E-state index in [1.807, 2.05) is 0 Å². The van der Waals surface area contributed by atoms with Crippen molar-refractivity contribution in [1.82, 2.24) is 5.32 Å². The van der Waals surface area contributed by atoms with Crippen molar-refractivity contribution in [3.8, 4) is 0 Å². The molecule has 9 unspecified atom stereocenters. The van der Waals surface area contributed by atoms with Gasteiger partial charge in [0.25, 0.3) is 0 Å². The van der Waals surface area contributed by atoms with E-state index in [1.54, 1.807) is 0 Å². The molecule has 382 valence electrons. The minimum Gasteiger partial charge on any atom is -0.394 e. The molecule has 0 aromatic heterocycles. The lowest BCUT2D eigenvalue weighted by molar-refractivity contribution is -0.303. The zero-order chi connectivity index (χ0) is 47.6. The van der Waals surface area contributed by atoms with Crippen molar-refractivity contribution in [2.45, 2.75) is 287 Å². The second-order valence-corrected chi connectivity index (χ2v) is 18.9. The van der Waals surface area contributed by atoms with Gasteiger partial charge in [-0.1, -0.05) is 192 Å². The maximum Gasteiger partial charge on any atom is 0.249 e. The van der Waals surface area contributed by atoms with Gasteiger partial charge in [0.2, 0.25) is 5.91 Å². The third-order valence-electron chi connectivity index (χ3n) is 12.9. The van der Waals surface area contributed by atoms with Crippen LogP contribution in [0.15, 0.2) is 36.5 Å². The lowest BCUT2D eigenvalue weighted by atomic mass is 9.98. The number of aliphatic hydroxyl groups excluding tert-OH is 7. The SMILES string of the molecule is CCCCCCCCCCC/C=C/CC/C=C/CCCC(O)C(O)C(COC1OC(CO)C(O)C(O)C1O)NC(=O)C(O)CCCCCCCC/C=C\CCCCCCCCCCCC. The maximum absolute atomic E-state index is 13.1. The molecule has 11 heteroatoms. The molecule has 1 saturated heterocycles. The highest BCUT2D eigenvalue weighted by molar-refractivity contribution is 5.80. The average Bonchev–Trinajstić information content (AvgIpc) is 3.31. The van der Waals surface area contributed by atoms with Crippen LogP contribution >= 0.6 is 0 Å². The highest BCUT2D eigenvalue weighted by Crippen LogP contribution is 2.23. The van der Waals surface area contributed by atoms with Gasteiger partial charge in [-0.3, -0.25) is 4.79 Å². The molecule has 1 amide bonds. The fourth-order valence-corrected chi connectivity index (χ4v) is 8.45. The van der Waals surface area contributed by atoms with Crippen molar-refractivity contribution in [2.24, 2.45) is 0 Å². The summed E-state index contributed by atoms with van der Waals surface area (Å²) in [4.78, 5) is 13.1. The molecule has 1 rings (SSSR count). The summed E-state index contributed by atoms with van der Waals surface area (Å²) in [7, 11) is 0. The first kappa shape index (κ1) is 61.3. The van der Waals surface area contributed by atoms with Gasteiger partial charge in [0.15, 0.2) is 6.29 Å². The predicted molar refractivity (Wildman–Crippen MR) is 265 cm³/mol. The quantitative estimate of drug-likeness (QED) is 0.0216. The van der Waals surface area contributed by atoms with E-state index in [9.17, 15) is 40.5 Å². The molecule has 9 atom stereocenters. The molecule has 1 aliphatic heterocycles. The van der Waals surface area contributed by atoms with Crippen LogP contribution in [0.4, 0.5) is 0 Å². The van der Waals surface area contributed by atoms with E-state index in [1.165, 1.54) is 128 Å². The van der Waals surface area contributed by atoms with Crippen molar-refractivity contribution in [1.29, 1.82) is 0 Å². The second kappa shape index (κ2) is 43.6. The summed E-state index contributed by atoms with van der Waals surface area (Å²) in [6, 6.07) is -1.19. The lowest BCUT2D eigenvalue weighted by Gasteiger charge is -2.40. The van der Waals surface area contributed by atoms with E-state index in [0.717, 1.165) is 57.8 Å². The molecule has 0 aliphatic carbocycles. The number of amides is 1. The average molecular weight is 924 g/mol. The number of carbonyl (C=O) groups excluding carboxylic acids is 1. The Morgan fingerprint density at radius 2 is 0.923 bits per heavy atom. The van der Waals surface area contributed by atoms with Crippen LogP contribution in [-0.2, 0) is 14.3 Å². The van der Waals surface area contributed by atoms with E-state index >= 15 is 0 Å². The van der Waals surface area contributed by atoms with Crippen molar-refractivity contribution in [3.63, 3.8) is 0 Å². The van der Waals surface area contributed by atoms with Crippen molar-refractivity contribution < 1.29 is 50.0 Å². The highest BCUT2D eigenvalue weighted by atomic mass is 16.7. The standard InChI is InChI=1S/C54H101NO10/c1-3-5-7-9-11-13-15-17-19-21-23-24-26-28-30-32-34-36-38-40-42-47(58)53(63)55-45(44-64-54-52(62)51(61)50(60)48(43-56)65-54)49(59)46(57)41-39-37-35-33-31-29-27-25-22-20-18-16-14-12-10-8-6-4-2/h24-27,33,35,45-52,54,56-62H,3-23,28-32,34,36-44H2,1-2H3,(H,55,63)/b26-24-,27-25+,35-33+. The first-order valence-electron chi connectivity index (χ1n) is 26.9. The molecule has 1 aliphatic rings. The Bertz CT molecular complexity index is 1150. The topological polar surface area (TPSA) is 189 Å². The smallest absolute Gasteiger partial charge is 0.249 e. The number of aliphatic hydroxyl groups is 7. The van der Waals surface area contributed by atoms with Gasteiger partial charge in [-0.05, 0) is 77.0 Å². The summed E-state index contributed by atoms with van der Waals surface area (Å²) < 4.78 is 11.1. The molecule has 8 N–H and O–H groups in total. The summed E-state index contributed by atoms with van der Waals surface area (Å²) >= 11 is 0. The number of rotatable bonds is 45. The summed E-state index contributed by atoms with van der Waals surface area (Å²) in [5.41, 5.74) is 0. The van der Waals surface area contributed by atoms with Crippen LogP contribution in [0.1, 0.15) is 232 Å². The zero-order valence-corrected chi connectivity index (χ0v) is 41.5. The Morgan fingerprint density at radius 1 is 0.523 bits per heavy atom. The Hall–Kier alpha value is -1.67. The molecule has 0 spiro atoms. The summed E-state index contributed by atoms with van der Waals surface area (Å²) in [6.45, 7) is 3.44. The van der Waals surface area contributed by atoms with Crippen LogP contribution in [0, 0.1) is 0 Å². The van der Waals surface area contributed by atoms with Gasteiger partial charge in [0.05, 0.1) is 25.4 Å². The first-order chi connectivity index (χ1) is 31.7. The van der Waals surface area contributed by atoms with Gasteiger partial charge in [-0.25, -0.2) is 0 Å². The van der Waals surface area contributed by atoms with Gasteiger partial charge in [-0.15, -0.1) is 0 Å². The van der Waals surface area contributed by atoms with Gasteiger partial charge in [0.1, 0.15) is 36.6 Å². The predicted octanol–water partition coefficient (Wildman–Crippen LogP) is 10.3. The van der Waals surface area contributed by atoms with Crippen LogP contribution in [0.5, 0.6) is 0 Å². The van der Waals surface area contributed by atoms with E-state index in [4.69, 9.17) is 9.47 Å². The lowest BCUT2D eigenvalue weighted by Crippen LogP contribution is -2.60. The Labute approximate surface area is 397 Å². The number of allylic oxidation sites excluding steroid dienone is 6. The zero-order valence-electron chi connectivity index (χ0n) is 41.5. The maximum atomic E-state index is 13.1. The van der Waals surface area contributed by atoms with Crippen LogP contribution < -0.4 is 5.32 Å². The summed E-state index contributed by atoms with van der Waals surface area (Å²) in [5, 5.41) is 75.9. The Morgan fingerprint density at radius 3 is 1.37 bits per heavy atom. The van der Waals surface area contributed by atoms with Crippen LogP contribution in [0.2, 0.25) is 0 Å². The highest BCUT2D eigenvalue weighted by Gasteiger charge is 2.44. The molecular formula is C54H101NO10. The normalized spacial score (nSPS) is 21.2. The largest absolute Gasteiger partial charge is 0.394 e. The van der Waals surface area contributed by atoms with Gasteiger partial charge in [0, 0.05) is 0 Å². The fraction of sp³-hybridized carbons (Fsp3) is 0.870. The number of unbranched alkanes of at least 4 members (excludes halogenated alkanes) is 27. The van der Waals surface area contributed by atoms with Crippen LogP contribution in [0.3, 0.4) is 0 Å². The Kier molecular flexibility index (Phi) is 41.1. The van der Waals surface area contributed by atoms with E-state index < -0.39 is 74.2 Å². The molecule has 0 radical (unpaired) electrons. The fourth-order valence-electron chi connectivity index (χ4n) is 8.45. The number of hydrogen-bond acceptors (Lipinski definition) is 10. The number of ether oxygens (including phenoxy) is 2. The number of nitrogens with one attached hydrogen (secondary N) is 1. The number of hydrogen-bond donors (Lipinski definition) is 8. The molecule has 0 bridgehead atoms. The molecule has 0 aromatic rings. The molecule has 11 nitrogen and oxygen atoms in total. The second-order valence-electron chi connectivity index (χ2n) is 18.9. The van der Waals surface area contributed by atoms with E-state index in [-0.39, 0.29) is 12.8 Å². The molecule has 0 aromatic carbocycles. The van der Waals surface area contributed by atoms with Crippen LogP contribution in [0.25, 0.3) is 0 Å². The number of carbonyl (C=O) groups is 1. The van der Waals surface area contributed by atoms with Crippen molar-refractivity contribution >= 4 is 5.91 Å². The summed E-state index contributed by atoms with van der Waals surface area (Å²) in [6.07, 6.45) is 40.5. The molecule has 1 heterocycles. The molecule has 1 fully saturated rings. The van der Waals surface area contributed by atoms with E-state index in [0.29, 0.717) is 19.3 Å². The molecular weight excluding hydrogens is 823 g/mol. The molecule has 65 heavy (non-hydrogen) atoms. The monoisotopic (exact) mass is 924 g/mol. The molecule has 0 saturated carbocycles. The van der Waals surface area contributed by atoms with Gasteiger partial charge < -0.3 is 50.5 Å². The van der Waals surface area contributed by atoms with Gasteiger partial charge in [-0.2, -0.15) is 0 Å². The van der Waals surface area contributed by atoms with Gasteiger partial charge >= 0.3 is 0 Å². The first-order valence-corrected chi connectivity index (χ1v) is 26.9.